The molecular formula is C20H24ClFN2O. The van der Waals surface area contributed by atoms with Crippen LogP contribution in [0.25, 0.3) is 0 Å². The van der Waals surface area contributed by atoms with Crippen molar-refractivity contribution in [3.8, 4) is 0 Å². The second-order valence-electron chi connectivity index (χ2n) is 6.64. The van der Waals surface area contributed by atoms with Gasteiger partial charge in [0, 0.05) is 31.5 Å². The van der Waals surface area contributed by atoms with Gasteiger partial charge in [-0.25, -0.2) is 4.39 Å². The smallest absolute Gasteiger partial charge is 0.223 e. The largest absolute Gasteiger partial charge is 0.340 e. The molecule has 1 unspecified atom stereocenters. The molecule has 2 aromatic carbocycles. The molecule has 134 valence electrons. The lowest BCUT2D eigenvalue weighted by atomic mass is 9.95. The molecule has 3 nitrogen and oxygen atoms in total. The fourth-order valence-corrected chi connectivity index (χ4v) is 3.41. The predicted octanol–water partition coefficient (Wildman–Crippen LogP) is 3.69. The van der Waals surface area contributed by atoms with Gasteiger partial charge in [0.1, 0.15) is 5.82 Å². The highest BCUT2D eigenvalue weighted by molar-refractivity contribution is 5.85. The van der Waals surface area contributed by atoms with Crippen molar-refractivity contribution < 1.29 is 9.18 Å². The second kappa shape index (κ2) is 8.45. The summed E-state index contributed by atoms with van der Waals surface area (Å²) in [6.45, 7) is 3.19. The van der Waals surface area contributed by atoms with E-state index in [4.69, 9.17) is 5.73 Å². The molecule has 0 spiro atoms. The van der Waals surface area contributed by atoms with Gasteiger partial charge in [-0.2, -0.15) is 0 Å². The van der Waals surface area contributed by atoms with E-state index in [0.717, 1.165) is 5.56 Å². The van der Waals surface area contributed by atoms with Crippen molar-refractivity contribution in [2.75, 3.05) is 13.1 Å². The van der Waals surface area contributed by atoms with Crippen molar-refractivity contribution in [1.29, 1.82) is 0 Å². The van der Waals surface area contributed by atoms with Crippen LogP contribution in [-0.4, -0.2) is 29.9 Å². The maximum Gasteiger partial charge on any atom is 0.223 e. The number of hydrogen-bond acceptors (Lipinski definition) is 2. The zero-order valence-electron chi connectivity index (χ0n) is 14.3. The third kappa shape index (κ3) is 4.59. The molecule has 0 saturated carbocycles. The molecule has 0 bridgehead atoms. The Labute approximate surface area is 154 Å². The van der Waals surface area contributed by atoms with Gasteiger partial charge in [-0.1, -0.05) is 49.4 Å². The minimum atomic E-state index is -0.265. The molecule has 2 N–H and O–H groups in total. The van der Waals surface area contributed by atoms with E-state index in [1.54, 1.807) is 6.07 Å². The van der Waals surface area contributed by atoms with Gasteiger partial charge in [0.2, 0.25) is 5.91 Å². The van der Waals surface area contributed by atoms with Crippen molar-refractivity contribution in [1.82, 2.24) is 4.90 Å². The molecule has 1 saturated heterocycles. The number of halogens is 2. The number of rotatable bonds is 4. The van der Waals surface area contributed by atoms with Crippen LogP contribution in [0.4, 0.5) is 4.39 Å². The molecule has 3 atom stereocenters. The van der Waals surface area contributed by atoms with Gasteiger partial charge in [0.05, 0.1) is 0 Å². The minimum absolute atomic E-state index is 0. The Kier molecular flexibility index (Phi) is 6.57. The number of amides is 1. The van der Waals surface area contributed by atoms with Crippen molar-refractivity contribution in [3.05, 3.63) is 71.5 Å². The summed E-state index contributed by atoms with van der Waals surface area (Å²) < 4.78 is 13.3. The van der Waals surface area contributed by atoms with E-state index in [1.807, 2.05) is 36.1 Å². The number of nitrogens with two attached hydrogens (primary N) is 1. The highest BCUT2D eigenvalue weighted by atomic mass is 35.5. The third-order valence-corrected chi connectivity index (χ3v) is 4.84. The van der Waals surface area contributed by atoms with E-state index in [2.05, 4.69) is 12.1 Å². The van der Waals surface area contributed by atoms with Crippen LogP contribution in [0.1, 0.15) is 36.3 Å². The summed E-state index contributed by atoms with van der Waals surface area (Å²) in [6.07, 6.45) is 0.373. The second-order valence-corrected chi connectivity index (χ2v) is 6.64. The third-order valence-electron chi connectivity index (χ3n) is 4.84. The van der Waals surface area contributed by atoms with E-state index in [0.29, 0.717) is 19.5 Å². The van der Waals surface area contributed by atoms with Gasteiger partial charge < -0.3 is 10.6 Å². The Morgan fingerprint density at radius 1 is 1.20 bits per heavy atom. The van der Waals surface area contributed by atoms with Gasteiger partial charge in [-0.3, -0.25) is 4.79 Å². The van der Waals surface area contributed by atoms with Gasteiger partial charge >= 0.3 is 0 Å². The van der Waals surface area contributed by atoms with Gasteiger partial charge in [-0.05, 0) is 29.2 Å². The van der Waals surface area contributed by atoms with Crippen LogP contribution in [0.5, 0.6) is 0 Å². The van der Waals surface area contributed by atoms with Crippen LogP contribution in [-0.2, 0) is 4.79 Å². The van der Waals surface area contributed by atoms with E-state index in [-0.39, 0.29) is 42.0 Å². The highest BCUT2D eigenvalue weighted by Gasteiger charge is 2.34. The lowest BCUT2D eigenvalue weighted by Crippen LogP contribution is -2.32. The molecule has 0 aliphatic carbocycles. The normalized spacial score (nSPS) is 20.8. The van der Waals surface area contributed by atoms with Crippen molar-refractivity contribution in [3.63, 3.8) is 0 Å². The monoisotopic (exact) mass is 362 g/mol. The van der Waals surface area contributed by atoms with Crippen LogP contribution < -0.4 is 5.73 Å². The number of hydrogen-bond donors (Lipinski definition) is 1. The van der Waals surface area contributed by atoms with Crippen molar-refractivity contribution >= 4 is 18.3 Å². The molecule has 1 amide bonds. The number of carbonyl (C=O) groups excluding carboxylic acids is 1. The number of benzene rings is 2. The summed E-state index contributed by atoms with van der Waals surface area (Å²) in [5.74, 6) is -0.0143. The molecule has 3 rings (SSSR count). The van der Waals surface area contributed by atoms with Crippen LogP contribution in [0.3, 0.4) is 0 Å². The quantitative estimate of drug-likeness (QED) is 0.901. The van der Waals surface area contributed by atoms with Crippen molar-refractivity contribution in [2.24, 2.45) is 5.73 Å². The highest BCUT2D eigenvalue weighted by Crippen LogP contribution is 2.28. The van der Waals surface area contributed by atoms with E-state index < -0.39 is 0 Å². The summed E-state index contributed by atoms with van der Waals surface area (Å²) in [6, 6.07) is 16.5. The molecule has 25 heavy (non-hydrogen) atoms. The average Bonchev–Trinajstić information content (AvgIpc) is 2.97. The Hall–Kier alpha value is -1.91. The molecule has 5 heteroatoms. The van der Waals surface area contributed by atoms with Crippen LogP contribution >= 0.6 is 12.4 Å². The van der Waals surface area contributed by atoms with Crippen LogP contribution in [0, 0.1) is 5.82 Å². The number of likely N-dealkylation sites (tertiary alicyclic amines) is 1. The maximum absolute atomic E-state index is 13.3. The lowest BCUT2D eigenvalue weighted by Gasteiger charge is -2.19. The lowest BCUT2D eigenvalue weighted by molar-refractivity contribution is -0.130. The first-order chi connectivity index (χ1) is 11.5. The van der Waals surface area contributed by atoms with Crippen LogP contribution in [0.15, 0.2) is 54.6 Å². The fourth-order valence-electron chi connectivity index (χ4n) is 3.41. The minimum Gasteiger partial charge on any atom is -0.340 e. The summed E-state index contributed by atoms with van der Waals surface area (Å²) in [4.78, 5) is 14.5. The summed E-state index contributed by atoms with van der Waals surface area (Å²) in [5, 5.41) is 0. The molecule has 2 aromatic rings. The summed E-state index contributed by atoms with van der Waals surface area (Å²) in [7, 11) is 0. The predicted molar refractivity (Wildman–Crippen MR) is 100 cm³/mol. The zero-order valence-corrected chi connectivity index (χ0v) is 15.1. The van der Waals surface area contributed by atoms with Crippen molar-refractivity contribution in [2.45, 2.75) is 31.2 Å². The van der Waals surface area contributed by atoms with E-state index >= 15 is 0 Å². The average molecular weight is 363 g/mol. The standard InChI is InChI=1S/C20H23FN2O.ClH/c1-14(16-8-5-9-17(21)11-16)10-20(24)23-12-18(19(22)13-23)15-6-3-2-4-7-15;/h2-9,11,14,18-19H,10,12-13,22H2,1H3;1H/t14?,18-,19+;/m0./s1. The van der Waals surface area contributed by atoms with Gasteiger partial charge in [0.25, 0.3) is 0 Å². The molecule has 0 aromatic heterocycles. The number of nitrogens with zero attached hydrogens (tertiary/aromatic N) is 1. The topological polar surface area (TPSA) is 46.3 Å². The summed E-state index contributed by atoms with van der Waals surface area (Å²) in [5.41, 5.74) is 8.29. The molecule has 1 aliphatic heterocycles. The first kappa shape index (κ1) is 19.4. The Morgan fingerprint density at radius 2 is 1.92 bits per heavy atom. The van der Waals surface area contributed by atoms with Gasteiger partial charge in [-0.15, -0.1) is 12.4 Å². The van der Waals surface area contributed by atoms with E-state index in [1.165, 1.54) is 17.7 Å². The first-order valence-corrected chi connectivity index (χ1v) is 8.38. The molecule has 1 fully saturated rings. The Morgan fingerprint density at radius 3 is 2.60 bits per heavy atom. The van der Waals surface area contributed by atoms with Gasteiger partial charge in [0.15, 0.2) is 0 Å². The first-order valence-electron chi connectivity index (χ1n) is 8.38. The Bertz CT molecular complexity index is 710. The summed E-state index contributed by atoms with van der Waals surface area (Å²) >= 11 is 0. The SMILES string of the molecule is CC(CC(=O)N1C[C@@H](N)[C@H](c2ccccc2)C1)c1cccc(F)c1.Cl. The van der Waals surface area contributed by atoms with Crippen LogP contribution in [0.2, 0.25) is 0 Å². The Balaban J connectivity index is 0.00000225. The maximum atomic E-state index is 13.3. The zero-order chi connectivity index (χ0) is 17.1. The molecule has 1 aliphatic rings. The molecule has 0 radical (unpaired) electrons. The molecule has 1 heterocycles. The fraction of sp³-hybridized carbons (Fsp3) is 0.350. The molecular weight excluding hydrogens is 339 g/mol. The van der Waals surface area contributed by atoms with E-state index in [9.17, 15) is 9.18 Å². The number of carbonyl (C=O) groups is 1.